The van der Waals surface area contributed by atoms with Crippen molar-refractivity contribution >= 4 is 28.2 Å². The van der Waals surface area contributed by atoms with Gasteiger partial charge in [-0.1, -0.05) is 54.2 Å². The molecule has 5 heteroatoms. The largest absolute Gasteiger partial charge is 0.355 e. The van der Waals surface area contributed by atoms with Gasteiger partial charge in [-0.15, -0.1) is 0 Å². The predicted molar refractivity (Wildman–Crippen MR) is 97.5 cm³/mol. The van der Waals surface area contributed by atoms with E-state index in [4.69, 9.17) is 0 Å². The molecule has 0 aliphatic rings. The summed E-state index contributed by atoms with van der Waals surface area (Å²) in [5.74, 6) is 0.725. The zero-order valence-electron chi connectivity index (χ0n) is 13.1. The Balaban J connectivity index is 1.68. The molecular weight excluding hydrogens is 318 g/mol. The van der Waals surface area contributed by atoms with Crippen molar-refractivity contribution in [1.29, 1.82) is 0 Å². The van der Waals surface area contributed by atoms with Crippen molar-refractivity contribution in [2.24, 2.45) is 0 Å². The van der Waals surface area contributed by atoms with Crippen LogP contribution in [0, 0.1) is 6.92 Å². The first-order chi connectivity index (χ1) is 11.7. The Labute approximate surface area is 143 Å². The van der Waals surface area contributed by atoms with Crippen LogP contribution in [0.1, 0.15) is 11.1 Å². The summed E-state index contributed by atoms with van der Waals surface area (Å²) in [6.07, 6.45) is 1.71. The van der Waals surface area contributed by atoms with Crippen LogP contribution in [0.3, 0.4) is 0 Å². The molecule has 2 aromatic carbocycles. The molecule has 0 spiro atoms. The zero-order valence-corrected chi connectivity index (χ0v) is 14.0. The van der Waals surface area contributed by atoms with E-state index in [-0.39, 0.29) is 5.69 Å². The Morgan fingerprint density at radius 2 is 1.88 bits per heavy atom. The number of thioether (sulfide) groups is 1. The Kier molecular flexibility index (Phi) is 3.78. The van der Waals surface area contributed by atoms with Gasteiger partial charge in [0.2, 0.25) is 0 Å². The summed E-state index contributed by atoms with van der Waals surface area (Å²) in [6, 6.07) is 18.3. The predicted octanol–water partition coefficient (Wildman–Crippen LogP) is 3.84. The highest BCUT2D eigenvalue weighted by Crippen LogP contribution is 2.25. The van der Waals surface area contributed by atoms with Crippen LogP contribution in [-0.2, 0) is 5.75 Å². The smallest absolute Gasteiger partial charge is 0.251 e. The molecule has 0 saturated carbocycles. The van der Waals surface area contributed by atoms with Crippen LogP contribution in [-0.4, -0.2) is 14.4 Å². The number of aromatic nitrogens is 3. The van der Waals surface area contributed by atoms with E-state index in [2.05, 4.69) is 40.3 Å². The van der Waals surface area contributed by atoms with Crippen molar-refractivity contribution in [3.63, 3.8) is 0 Å². The Bertz CT molecular complexity index is 1100. The third kappa shape index (κ3) is 2.78. The number of aryl methyl sites for hydroxylation is 1. The number of rotatable bonds is 3. The van der Waals surface area contributed by atoms with Crippen LogP contribution in [0.15, 0.2) is 70.7 Å². The van der Waals surface area contributed by atoms with Crippen molar-refractivity contribution in [1.82, 2.24) is 14.4 Å². The monoisotopic (exact) mass is 333 g/mol. The fraction of sp³-hybridized carbons (Fsp3) is 0.105. The third-order valence-electron chi connectivity index (χ3n) is 3.93. The maximum atomic E-state index is 12.1. The highest BCUT2D eigenvalue weighted by molar-refractivity contribution is 7.98. The average molecular weight is 333 g/mol. The zero-order chi connectivity index (χ0) is 16.5. The Morgan fingerprint density at radius 3 is 2.79 bits per heavy atom. The van der Waals surface area contributed by atoms with Gasteiger partial charge in [-0.05, 0) is 41.0 Å². The second-order valence-electron chi connectivity index (χ2n) is 5.65. The standard InChI is InChI=1S/C19H15N3OS/c1-13-9-10-22-17(11-13)20-18(21-19(22)23)24-12-15-7-4-6-14-5-2-3-8-16(14)15/h2-11H,12H2,1H3. The second kappa shape index (κ2) is 6.09. The van der Waals surface area contributed by atoms with Gasteiger partial charge in [-0.25, -0.2) is 9.78 Å². The van der Waals surface area contributed by atoms with Crippen molar-refractivity contribution in [3.05, 3.63) is 82.4 Å². The summed E-state index contributed by atoms with van der Waals surface area (Å²) in [7, 11) is 0. The molecule has 4 aromatic rings. The van der Waals surface area contributed by atoms with Crippen molar-refractivity contribution in [2.75, 3.05) is 0 Å². The van der Waals surface area contributed by atoms with Crippen LogP contribution in [0.4, 0.5) is 0 Å². The number of benzene rings is 2. The molecule has 0 unspecified atom stereocenters. The van der Waals surface area contributed by atoms with Gasteiger partial charge in [-0.2, -0.15) is 4.98 Å². The van der Waals surface area contributed by atoms with E-state index >= 15 is 0 Å². The lowest BCUT2D eigenvalue weighted by Crippen LogP contribution is -2.19. The van der Waals surface area contributed by atoms with E-state index in [1.807, 2.05) is 31.2 Å². The van der Waals surface area contributed by atoms with Gasteiger partial charge >= 0.3 is 5.69 Å². The molecule has 0 amide bonds. The summed E-state index contributed by atoms with van der Waals surface area (Å²) < 4.78 is 1.47. The van der Waals surface area contributed by atoms with Gasteiger partial charge in [0.05, 0.1) is 0 Å². The first-order valence-electron chi connectivity index (χ1n) is 7.67. The quantitative estimate of drug-likeness (QED) is 0.534. The van der Waals surface area contributed by atoms with E-state index in [0.717, 1.165) is 11.3 Å². The van der Waals surface area contributed by atoms with Crippen LogP contribution >= 0.6 is 11.8 Å². The lowest BCUT2D eigenvalue weighted by Gasteiger charge is -2.06. The van der Waals surface area contributed by atoms with Crippen LogP contribution < -0.4 is 5.69 Å². The minimum atomic E-state index is -0.291. The van der Waals surface area contributed by atoms with Gasteiger partial charge in [-0.3, -0.25) is 4.40 Å². The molecular formula is C19H15N3OS. The topological polar surface area (TPSA) is 47.3 Å². The number of hydrogen-bond acceptors (Lipinski definition) is 4. The van der Waals surface area contributed by atoms with E-state index in [9.17, 15) is 4.79 Å². The molecule has 0 radical (unpaired) electrons. The molecule has 0 atom stereocenters. The first kappa shape index (κ1) is 14.9. The number of nitrogens with zero attached hydrogens (tertiary/aromatic N) is 3. The molecule has 118 valence electrons. The number of fused-ring (bicyclic) bond motifs is 2. The van der Waals surface area contributed by atoms with Crippen LogP contribution in [0.25, 0.3) is 16.4 Å². The molecule has 0 aliphatic carbocycles. The molecule has 2 heterocycles. The minimum Gasteiger partial charge on any atom is -0.251 e. The molecule has 0 bridgehead atoms. The second-order valence-corrected chi connectivity index (χ2v) is 6.59. The van der Waals surface area contributed by atoms with E-state index in [0.29, 0.717) is 10.8 Å². The Morgan fingerprint density at radius 1 is 1.04 bits per heavy atom. The SMILES string of the molecule is Cc1ccn2c(=O)nc(SCc3cccc4ccccc34)nc2c1. The number of pyridine rings is 1. The lowest BCUT2D eigenvalue weighted by atomic mass is 10.1. The fourth-order valence-electron chi connectivity index (χ4n) is 2.72. The Hall–Kier alpha value is -2.66. The van der Waals surface area contributed by atoms with Gasteiger partial charge in [0.15, 0.2) is 5.16 Å². The minimum absolute atomic E-state index is 0.291. The van der Waals surface area contributed by atoms with Crippen molar-refractivity contribution in [3.8, 4) is 0 Å². The van der Waals surface area contributed by atoms with E-state index in [1.54, 1.807) is 6.20 Å². The van der Waals surface area contributed by atoms with Gasteiger partial charge < -0.3 is 0 Å². The van der Waals surface area contributed by atoms with Gasteiger partial charge in [0.1, 0.15) is 5.65 Å². The summed E-state index contributed by atoms with van der Waals surface area (Å²) in [4.78, 5) is 20.7. The highest BCUT2D eigenvalue weighted by atomic mass is 32.2. The molecule has 4 nitrogen and oxygen atoms in total. The third-order valence-corrected chi connectivity index (χ3v) is 4.83. The van der Waals surface area contributed by atoms with Gasteiger partial charge in [0.25, 0.3) is 0 Å². The van der Waals surface area contributed by atoms with E-state index < -0.39 is 0 Å². The summed E-state index contributed by atoms with van der Waals surface area (Å²) in [6.45, 7) is 1.98. The van der Waals surface area contributed by atoms with Gasteiger partial charge in [0, 0.05) is 11.9 Å². The maximum Gasteiger partial charge on any atom is 0.355 e. The summed E-state index contributed by atoms with van der Waals surface area (Å²) >= 11 is 1.49. The average Bonchev–Trinajstić information content (AvgIpc) is 2.59. The van der Waals surface area contributed by atoms with Crippen molar-refractivity contribution < 1.29 is 0 Å². The molecule has 24 heavy (non-hydrogen) atoms. The fourth-order valence-corrected chi connectivity index (χ4v) is 3.56. The molecule has 0 N–H and O–H groups in total. The maximum absolute atomic E-state index is 12.1. The van der Waals surface area contributed by atoms with Crippen LogP contribution in [0.2, 0.25) is 0 Å². The van der Waals surface area contributed by atoms with Crippen molar-refractivity contribution in [2.45, 2.75) is 17.8 Å². The molecule has 0 aliphatic heterocycles. The van der Waals surface area contributed by atoms with E-state index in [1.165, 1.54) is 32.5 Å². The normalized spacial score (nSPS) is 11.2. The van der Waals surface area contributed by atoms with Crippen LogP contribution in [0.5, 0.6) is 0 Å². The summed E-state index contributed by atoms with van der Waals surface area (Å²) in [5, 5.41) is 2.95. The molecule has 2 aromatic heterocycles. The lowest BCUT2D eigenvalue weighted by molar-refractivity contribution is 0.845. The first-order valence-corrected chi connectivity index (χ1v) is 8.66. The highest BCUT2D eigenvalue weighted by Gasteiger charge is 2.07. The summed E-state index contributed by atoms with van der Waals surface area (Å²) in [5.41, 5.74) is 2.63. The molecule has 4 rings (SSSR count). The number of hydrogen-bond donors (Lipinski definition) is 0. The molecule has 0 saturated heterocycles. The molecule has 0 fully saturated rings.